The minimum absolute atomic E-state index is 0.201. The van der Waals surface area contributed by atoms with Crippen molar-refractivity contribution in [3.8, 4) is 0 Å². The van der Waals surface area contributed by atoms with Crippen molar-refractivity contribution in [2.24, 2.45) is 0 Å². The lowest BCUT2D eigenvalue weighted by molar-refractivity contribution is -0.00894. The van der Waals surface area contributed by atoms with Crippen LogP contribution in [0.15, 0.2) is 48.5 Å². The molecule has 3 rings (SSSR count). The van der Waals surface area contributed by atoms with Gasteiger partial charge in [0.15, 0.2) is 6.23 Å². The van der Waals surface area contributed by atoms with Crippen molar-refractivity contribution < 1.29 is 9.53 Å². The average Bonchev–Trinajstić information content (AvgIpc) is 2.96. The molecule has 0 fully saturated rings. The van der Waals surface area contributed by atoms with Crippen LogP contribution in [0.5, 0.6) is 0 Å². The van der Waals surface area contributed by atoms with Crippen LogP contribution in [0.25, 0.3) is 21.8 Å². The minimum Gasteiger partial charge on any atom is -0.430 e. The molecule has 1 atom stereocenters. The Labute approximate surface area is 142 Å². The number of aromatic nitrogens is 1. The zero-order valence-corrected chi connectivity index (χ0v) is 14.5. The Hall–Kier alpha value is -2.33. The highest BCUT2D eigenvalue weighted by Crippen LogP contribution is 2.29. The molecule has 0 saturated carbocycles. The van der Waals surface area contributed by atoms with Crippen LogP contribution in [0, 0.1) is 0 Å². The molecule has 4 nitrogen and oxygen atoms in total. The summed E-state index contributed by atoms with van der Waals surface area (Å²) >= 11 is 0. The zero-order valence-electron chi connectivity index (χ0n) is 14.5. The number of carbonyl (C=O) groups excluding carboxylic acids is 1. The van der Waals surface area contributed by atoms with Crippen LogP contribution < -0.4 is 0 Å². The summed E-state index contributed by atoms with van der Waals surface area (Å²) in [6.45, 7) is 7.92. The fourth-order valence-corrected chi connectivity index (χ4v) is 3.34. The summed E-state index contributed by atoms with van der Waals surface area (Å²) in [5.41, 5.74) is 1.77. The zero-order chi connectivity index (χ0) is 17.1. The van der Waals surface area contributed by atoms with Crippen molar-refractivity contribution in [3.63, 3.8) is 0 Å². The number of fused-ring (bicyclic) bond motifs is 3. The summed E-state index contributed by atoms with van der Waals surface area (Å²) in [4.78, 5) is 15.1. The summed E-state index contributed by atoms with van der Waals surface area (Å²) in [6.07, 6.45) is 0.253. The molecule has 0 aliphatic carbocycles. The van der Waals surface area contributed by atoms with E-state index in [0.29, 0.717) is 0 Å². The van der Waals surface area contributed by atoms with Crippen molar-refractivity contribution in [3.05, 3.63) is 48.5 Å². The van der Waals surface area contributed by atoms with Crippen molar-refractivity contribution >= 4 is 27.9 Å². The number of ether oxygens (including phenoxy) is 1. The van der Waals surface area contributed by atoms with E-state index in [0.717, 1.165) is 41.3 Å². The molecule has 1 heterocycles. The van der Waals surface area contributed by atoms with E-state index in [4.69, 9.17) is 4.74 Å². The Bertz CT molecular complexity index is 796. The van der Waals surface area contributed by atoms with Crippen LogP contribution in [0.4, 0.5) is 4.79 Å². The van der Waals surface area contributed by atoms with Crippen molar-refractivity contribution in [1.29, 1.82) is 0 Å². The van der Waals surface area contributed by atoms with E-state index in [1.807, 2.05) is 55.5 Å². The molecule has 0 bridgehead atoms. The number of rotatable bonds is 5. The molecule has 4 heteroatoms. The van der Waals surface area contributed by atoms with Gasteiger partial charge in [-0.25, -0.2) is 9.36 Å². The normalized spacial score (nSPS) is 12.8. The third-order valence-corrected chi connectivity index (χ3v) is 4.57. The topological polar surface area (TPSA) is 34.5 Å². The van der Waals surface area contributed by atoms with Gasteiger partial charge >= 0.3 is 6.09 Å². The van der Waals surface area contributed by atoms with Gasteiger partial charge in [0.05, 0.1) is 11.0 Å². The molecule has 0 N–H and O–H groups in total. The van der Waals surface area contributed by atoms with E-state index in [-0.39, 0.29) is 12.3 Å². The number of benzene rings is 2. The maximum Gasteiger partial charge on any atom is 0.420 e. The van der Waals surface area contributed by atoms with Crippen LogP contribution in [0.3, 0.4) is 0 Å². The first-order chi connectivity index (χ1) is 11.7. The van der Waals surface area contributed by atoms with E-state index in [1.165, 1.54) is 0 Å². The van der Waals surface area contributed by atoms with Crippen LogP contribution >= 0.6 is 0 Å². The number of hydrogen-bond donors (Lipinski definition) is 0. The first-order valence-electron chi connectivity index (χ1n) is 8.64. The Kier molecular flexibility index (Phi) is 4.86. The molecule has 24 heavy (non-hydrogen) atoms. The molecule has 0 saturated heterocycles. The predicted molar refractivity (Wildman–Crippen MR) is 98.3 cm³/mol. The Morgan fingerprint density at radius 1 is 0.958 bits per heavy atom. The lowest BCUT2D eigenvalue weighted by Gasteiger charge is -2.28. The van der Waals surface area contributed by atoms with Gasteiger partial charge in [0.1, 0.15) is 0 Å². The van der Waals surface area contributed by atoms with Crippen molar-refractivity contribution in [1.82, 2.24) is 9.47 Å². The summed E-state index contributed by atoms with van der Waals surface area (Å²) in [5, 5.41) is 2.14. The SMILES string of the molecule is CCC(OC(=O)n1c2ccccc2c2ccccc21)N(CC)CC. The molecule has 126 valence electrons. The van der Waals surface area contributed by atoms with E-state index >= 15 is 0 Å². The monoisotopic (exact) mass is 324 g/mol. The standard InChI is InChI=1S/C20H24N2O2/c1-4-19(21(5-2)6-3)24-20(23)22-17-13-9-7-11-15(17)16-12-8-10-14-18(16)22/h7-14,19H,4-6H2,1-3H3. The molecule has 0 spiro atoms. The number of hydrogen-bond acceptors (Lipinski definition) is 3. The first kappa shape index (κ1) is 16.5. The quantitative estimate of drug-likeness (QED) is 0.629. The summed E-state index contributed by atoms with van der Waals surface area (Å²) in [7, 11) is 0. The second kappa shape index (κ2) is 7.05. The Morgan fingerprint density at radius 2 is 1.46 bits per heavy atom. The summed E-state index contributed by atoms with van der Waals surface area (Å²) < 4.78 is 7.55. The van der Waals surface area contributed by atoms with Crippen molar-refractivity contribution in [2.45, 2.75) is 33.4 Å². The van der Waals surface area contributed by atoms with Crippen LogP contribution in [0.1, 0.15) is 27.2 Å². The molecule has 0 radical (unpaired) electrons. The summed E-state index contributed by atoms with van der Waals surface area (Å²) in [5.74, 6) is 0. The predicted octanol–water partition coefficient (Wildman–Crippen LogP) is 4.86. The van der Waals surface area contributed by atoms with E-state index in [2.05, 4.69) is 18.7 Å². The molecule has 3 aromatic rings. The third kappa shape index (κ3) is 2.78. The number of nitrogens with zero attached hydrogens (tertiary/aromatic N) is 2. The highest BCUT2D eigenvalue weighted by atomic mass is 16.6. The second-order valence-corrected chi connectivity index (χ2v) is 5.84. The van der Waals surface area contributed by atoms with Gasteiger partial charge < -0.3 is 4.74 Å². The lowest BCUT2D eigenvalue weighted by Crippen LogP contribution is -2.39. The van der Waals surface area contributed by atoms with Gasteiger partial charge in [-0.2, -0.15) is 0 Å². The molecule has 1 aromatic heterocycles. The fraction of sp³-hybridized carbons (Fsp3) is 0.350. The average molecular weight is 324 g/mol. The third-order valence-electron chi connectivity index (χ3n) is 4.57. The van der Waals surface area contributed by atoms with Crippen molar-refractivity contribution in [2.75, 3.05) is 13.1 Å². The Balaban J connectivity index is 2.05. The highest BCUT2D eigenvalue weighted by molar-refractivity contribution is 6.12. The van der Waals surface area contributed by atoms with Crippen LogP contribution in [-0.4, -0.2) is 34.9 Å². The van der Waals surface area contributed by atoms with Gasteiger partial charge in [0.25, 0.3) is 0 Å². The lowest BCUT2D eigenvalue weighted by atomic mass is 10.2. The van der Waals surface area contributed by atoms with Gasteiger partial charge in [-0.1, -0.05) is 57.2 Å². The number of para-hydroxylation sites is 2. The maximum absolute atomic E-state index is 13.0. The minimum atomic E-state index is -0.314. The van der Waals surface area contributed by atoms with Crippen LogP contribution in [-0.2, 0) is 4.74 Å². The van der Waals surface area contributed by atoms with Gasteiger partial charge in [0.2, 0.25) is 0 Å². The number of carbonyl (C=O) groups is 1. The molecule has 1 unspecified atom stereocenters. The molecule has 0 aliphatic rings. The van der Waals surface area contributed by atoms with Gasteiger partial charge in [-0.05, 0) is 31.6 Å². The van der Waals surface area contributed by atoms with Gasteiger partial charge in [0, 0.05) is 10.8 Å². The Morgan fingerprint density at radius 3 is 1.92 bits per heavy atom. The van der Waals surface area contributed by atoms with Gasteiger partial charge in [-0.15, -0.1) is 0 Å². The molecule has 0 amide bonds. The van der Waals surface area contributed by atoms with E-state index in [9.17, 15) is 4.79 Å². The largest absolute Gasteiger partial charge is 0.430 e. The van der Waals surface area contributed by atoms with E-state index < -0.39 is 0 Å². The molecule has 0 aliphatic heterocycles. The molecular weight excluding hydrogens is 300 g/mol. The summed E-state index contributed by atoms with van der Waals surface area (Å²) in [6, 6.07) is 15.9. The maximum atomic E-state index is 13.0. The first-order valence-corrected chi connectivity index (χ1v) is 8.64. The fourth-order valence-electron chi connectivity index (χ4n) is 3.34. The van der Waals surface area contributed by atoms with Gasteiger partial charge in [-0.3, -0.25) is 4.90 Å². The van der Waals surface area contributed by atoms with Crippen LogP contribution in [0.2, 0.25) is 0 Å². The molecule has 2 aromatic carbocycles. The van der Waals surface area contributed by atoms with E-state index in [1.54, 1.807) is 4.57 Å². The smallest absolute Gasteiger partial charge is 0.420 e. The highest BCUT2D eigenvalue weighted by Gasteiger charge is 2.22. The molecular formula is C20H24N2O2. The second-order valence-electron chi connectivity index (χ2n) is 5.84.